The van der Waals surface area contributed by atoms with Crippen LogP contribution in [0.25, 0.3) is 0 Å². The fourth-order valence-electron chi connectivity index (χ4n) is 1.61. The quantitative estimate of drug-likeness (QED) is 0.864. The first-order valence-electron chi connectivity index (χ1n) is 6.04. The van der Waals surface area contributed by atoms with Gasteiger partial charge in [-0.05, 0) is 32.0 Å². The molecule has 0 aromatic heterocycles. The van der Waals surface area contributed by atoms with Gasteiger partial charge in [0, 0.05) is 18.1 Å². The maximum atomic E-state index is 12.1. The third-order valence-electron chi connectivity index (χ3n) is 2.71. The second kappa shape index (κ2) is 7.26. The molecule has 5 nitrogen and oxygen atoms in total. The standard InChI is InChI=1S/C12H16Cl2N2O3S/c1-3-16(4-2)12(17)8-15-20(18,19)11-7-9(13)5-6-10(11)14/h5-7,15H,3-4,8H2,1-2H3. The minimum atomic E-state index is -3.87. The first-order chi connectivity index (χ1) is 9.31. The first-order valence-corrected chi connectivity index (χ1v) is 8.28. The number of rotatable bonds is 6. The highest BCUT2D eigenvalue weighted by Crippen LogP contribution is 2.24. The molecule has 20 heavy (non-hydrogen) atoms. The predicted octanol–water partition coefficient (Wildman–Crippen LogP) is 2.14. The molecule has 0 radical (unpaired) electrons. The molecule has 0 aliphatic heterocycles. The van der Waals surface area contributed by atoms with Crippen molar-refractivity contribution >= 4 is 39.1 Å². The Bertz CT molecular complexity index is 586. The van der Waals surface area contributed by atoms with Gasteiger partial charge in [-0.3, -0.25) is 4.79 Å². The average Bonchev–Trinajstić information content (AvgIpc) is 2.40. The van der Waals surface area contributed by atoms with Gasteiger partial charge in [-0.2, -0.15) is 0 Å². The summed E-state index contributed by atoms with van der Waals surface area (Å²) in [6.45, 7) is 4.38. The Hall–Kier alpha value is -0.820. The van der Waals surface area contributed by atoms with Gasteiger partial charge >= 0.3 is 0 Å². The molecule has 0 fully saturated rings. The molecular weight excluding hydrogens is 323 g/mol. The lowest BCUT2D eigenvalue weighted by Crippen LogP contribution is -2.40. The summed E-state index contributed by atoms with van der Waals surface area (Å²) in [6, 6.07) is 4.13. The van der Waals surface area contributed by atoms with Crippen LogP contribution in [-0.2, 0) is 14.8 Å². The minimum Gasteiger partial charge on any atom is -0.342 e. The highest BCUT2D eigenvalue weighted by molar-refractivity contribution is 7.89. The summed E-state index contributed by atoms with van der Waals surface area (Å²) in [7, 11) is -3.87. The lowest BCUT2D eigenvalue weighted by molar-refractivity contribution is -0.129. The van der Waals surface area contributed by atoms with Crippen molar-refractivity contribution in [2.24, 2.45) is 0 Å². The van der Waals surface area contributed by atoms with Gasteiger partial charge in [0.2, 0.25) is 15.9 Å². The Kier molecular flexibility index (Phi) is 6.26. The molecule has 0 unspecified atom stereocenters. The average molecular weight is 339 g/mol. The largest absolute Gasteiger partial charge is 0.342 e. The summed E-state index contributed by atoms with van der Waals surface area (Å²) in [4.78, 5) is 13.2. The number of halogens is 2. The molecule has 8 heteroatoms. The van der Waals surface area contributed by atoms with Gasteiger partial charge in [0.1, 0.15) is 4.90 Å². The van der Waals surface area contributed by atoms with Crippen molar-refractivity contribution in [3.05, 3.63) is 28.2 Å². The molecule has 1 aromatic rings. The van der Waals surface area contributed by atoms with E-state index in [4.69, 9.17) is 23.2 Å². The van der Waals surface area contributed by atoms with Gasteiger partial charge in [0.05, 0.1) is 11.6 Å². The van der Waals surface area contributed by atoms with Gasteiger partial charge in [-0.15, -0.1) is 0 Å². The van der Waals surface area contributed by atoms with Gasteiger partial charge in [0.25, 0.3) is 0 Å². The summed E-state index contributed by atoms with van der Waals surface area (Å²) in [6.07, 6.45) is 0. The van der Waals surface area contributed by atoms with Crippen LogP contribution in [0.3, 0.4) is 0 Å². The second-order valence-corrected chi connectivity index (χ2v) is 6.54. The Labute approximate surface area is 128 Å². The molecule has 0 aliphatic rings. The van der Waals surface area contributed by atoms with E-state index in [-0.39, 0.29) is 27.4 Å². The number of likely N-dealkylation sites (N-methyl/N-ethyl adjacent to an activating group) is 1. The number of sulfonamides is 1. The number of hydrogen-bond acceptors (Lipinski definition) is 3. The summed E-state index contributed by atoms with van der Waals surface area (Å²) in [5.41, 5.74) is 0. The summed E-state index contributed by atoms with van der Waals surface area (Å²) < 4.78 is 26.4. The molecule has 0 atom stereocenters. The zero-order valence-electron chi connectivity index (χ0n) is 11.2. The van der Waals surface area contributed by atoms with Crippen LogP contribution in [0.1, 0.15) is 13.8 Å². The van der Waals surface area contributed by atoms with Crippen LogP contribution >= 0.6 is 23.2 Å². The Balaban J connectivity index is 2.86. The van der Waals surface area contributed by atoms with Crippen molar-refractivity contribution in [2.75, 3.05) is 19.6 Å². The molecule has 0 heterocycles. The normalized spacial score (nSPS) is 11.4. The van der Waals surface area contributed by atoms with E-state index in [1.165, 1.54) is 23.1 Å². The zero-order valence-corrected chi connectivity index (χ0v) is 13.5. The Morgan fingerprint density at radius 3 is 2.40 bits per heavy atom. The molecule has 1 aromatic carbocycles. The lowest BCUT2D eigenvalue weighted by Gasteiger charge is -2.18. The van der Waals surface area contributed by atoms with Crippen LogP contribution in [0, 0.1) is 0 Å². The summed E-state index contributed by atoms with van der Waals surface area (Å²) in [5.74, 6) is -0.295. The van der Waals surface area contributed by atoms with Crippen LogP contribution in [0.2, 0.25) is 10.0 Å². The van der Waals surface area contributed by atoms with Crippen LogP contribution in [-0.4, -0.2) is 38.9 Å². The molecule has 1 N–H and O–H groups in total. The maximum Gasteiger partial charge on any atom is 0.242 e. The highest BCUT2D eigenvalue weighted by Gasteiger charge is 2.20. The third kappa shape index (κ3) is 4.34. The van der Waals surface area contributed by atoms with Crippen molar-refractivity contribution in [3.63, 3.8) is 0 Å². The van der Waals surface area contributed by atoms with E-state index in [0.29, 0.717) is 13.1 Å². The van der Waals surface area contributed by atoms with Gasteiger partial charge in [0.15, 0.2) is 0 Å². The number of carbonyl (C=O) groups is 1. The number of nitrogens with zero attached hydrogens (tertiary/aromatic N) is 1. The van der Waals surface area contributed by atoms with Gasteiger partial charge < -0.3 is 4.90 Å². The van der Waals surface area contributed by atoms with Gasteiger partial charge in [-0.1, -0.05) is 23.2 Å². The Morgan fingerprint density at radius 1 is 1.25 bits per heavy atom. The van der Waals surface area contributed by atoms with E-state index in [1.807, 2.05) is 13.8 Å². The van der Waals surface area contributed by atoms with Crippen LogP contribution in [0.4, 0.5) is 0 Å². The monoisotopic (exact) mass is 338 g/mol. The lowest BCUT2D eigenvalue weighted by atomic mass is 10.4. The zero-order chi connectivity index (χ0) is 15.3. The molecule has 0 bridgehead atoms. The fourth-order valence-corrected chi connectivity index (χ4v) is 3.34. The topological polar surface area (TPSA) is 66.5 Å². The molecule has 1 amide bonds. The molecule has 0 aliphatic carbocycles. The smallest absolute Gasteiger partial charge is 0.242 e. The number of carbonyl (C=O) groups excluding carboxylic acids is 1. The predicted molar refractivity (Wildman–Crippen MR) is 79.6 cm³/mol. The van der Waals surface area contributed by atoms with Crippen molar-refractivity contribution in [3.8, 4) is 0 Å². The molecule has 0 spiro atoms. The molecule has 0 saturated heterocycles. The maximum absolute atomic E-state index is 12.1. The fraction of sp³-hybridized carbons (Fsp3) is 0.417. The number of hydrogen-bond donors (Lipinski definition) is 1. The molecular formula is C12H16Cl2N2O3S. The van der Waals surface area contributed by atoms with E-state index >= 15 is 0 Å². The number of amides is 1. The van der Waals surface area contributed by atoms with Crippen LogP contribution in [0.5, 0.6) is 0 Å². The van der Waals surface area contributed by atoms with Crippen molar-refractivity contribution in [1.29, 1.82) is 0 Å². The second-order valence-electron chi connectivity index (χ2n) is 3.97. The van der Waals surface area contributed by atoms with Crippen LogP contribution in [0.15, 0.2) is 23.1 Å². The summed E-state index contributed by atoms with van der Waals surface area (Å²) in [5, 5.41) is 0.307. The van der Waals surface area contributed by atoms with E-state index in [9.17, 15) is 13.2 Å². The van der Waals surface area contributed by atoms with E-state index < -0.39 is 10.0 Å². The highest BCUT2D eigenvalue weighted by atomic mass is 35.5. The number of benzene rings is 1. The van der Waals surface area contributed by atoms with E-state index in [0.717, 1.165) is 0 Å². The van der Waals surface area contributed by atoms with Crippen molar-refractivity contribution in [2.45, 2.75) is 18.7 Å². The SMILES string of the molecule is CCN(CC)C(=O)CNS(=O)(=O)c1cc(Cl)ccc1Cl. The van der Waals surface area contributed by atoms with Gasteiger partial charge in [-0.25, -0.2) is 13.1 Å². The number of nitrogens with one attached hydrogen (secondary N) is 1. The minimum absolute atomic E-state index is 0.0530. The molecule has 112 valence electrons. The molecule has 0 saturated carbocycles. The van der Waals surface area contributed by atoms with Crippen molar-refractivity contribution in [1.82, 2.24) is 9.62 Å². The van der Waals surface area contributed by atoms with Crippen LogP contribution < -0.4 is 4.72 Å². The summed E-state index contributed by atoms with van der Waals surface area (Å²) >= 11 is 11.6. The third-order valence-corrected chi connectivity index (χ3v) is 4.83. The Morgan fingerprint density at radius 2 is 1.85 bits per heavy atom. The molecule has 1 rings (SSSR count). The first kappa shape index (κ1) is 17.2. The van der Waals surface area contributed by atoms with Crippen molar-refractivity contribution < 1.29 is 13.2 Å². The van der Waals surface area contributed by atoms with E-state index in [1.54, 1.807) is 0 Å². The van der Waals surface area contributed by atoms with E-state index in [2.05, 4.69) is 4.72 Å².